The topological polar surface area (TPSA) is 44.4 Å². The Bertz CT molecular complexity index is 807. The van der Waals surface area contributed by atoms with Crippen molar-refractivity contribution in [3.05, 3.63) is 59.7 Å². The molecule has 1 aliphatic rings. The van der Waals surface area contributed by atoms with Gasteiger partial charge in [-0.3, -0.25) is 4.79 Å². The molecule has 1 saturated heterocycles. The zero-order valence-electron chi connectivity index (χ0n) is 15.0. The van der Waals surface area contributed by atoms with Gasteiger partial charge in [-0.05, 0) is 56.3 Å². The van der Waals surface area contributed by atoms with Crippen LogP contribution in [0.4, 0.5) is 24.5 Å². The van der Waals surface area contributed by atoms with Crippen LogP contribution >= 0.6 is 0 Å². The van der Waals surface area contributed by atoms with Crippen LogP contribution in [0.25, 0.3) is 0 Å². The Balaban J connectivity index is 1.80. The monoisotopic (exact) mass is 377 g/mol. The van der Waals surface area contributed by atoms with Crippen molar-refractivity contribution >= 4 is 17.3 Å². The minimum Gasteiger partial charge on any atom is -0.355 e. The first-order chi connectivity index (χ1) is 12.9. The van der Waals surface area contributed by atoms with Crippen LogP contribution in [0.15, 0.2) is 48.5 Å². The van der Waals surface area contributed by atoms with Crippen molar-refractivity contribution in [2.45, 2.75) is 12.6 Å². The molecule has 0 spiro atoms. The molecule has 1 heterocycles. The number of anilines is 2. The van der Waals surface area contributed by atoms with E-state index in [1.165, 1.54) is 6.07 Å². The second kappa shape index (κ2) is 8.00. The van der Waals surface area contributed by atoms with Gasteiger partial charge in [-0.25, -0.2) is 0 Å². The zero-order chi connectivity index (χ0) is 19.4. The lowest BCUT2D eigenvalue weighted by Gasteiger charge is -2.19. The molecule has 0 aliphatic carbocycles. The average molecular weight is 377 g/mol. The highest BCUT2D eigenvalue weighted by molar-refractivity contribution is 6.00. The van der Waals surface area contributed by atoms with Crippen LogP contribution in [0.1, 0.15) is 22.3 Å². The van der Waals surface area contributed by atoms with E-state index in [4.69, 9.17) is 0 Å². The van der Waals surface area contributed by atoms with Crippen molar-refractivity contribution < 1.29 is 18.0 Å². The largest absolute Gasteiger partial charge is 0.416 e. The summed E-state index contributed by atoms with van der Waals surface area (Å²) in [5.74, 6) is 0.311. The molecular weight excluding hydrogens is 355 g/mol. The summed E-state index contributed by atoms with van der Waals surface area (Å²) in [5, 5.41) is 6.09. The number of halogens is 3. The van der Waals surface area contributed by atoms with Gasteiger partial charge in [0, 0.05) is 18.8 Å². The van der Waals surface area contributed by atoms with E-state index in [1.807, 2.05) is 7.05 Å². The number of carbonyl (C=O) groups is 1. The van der Waals surface area contributed by atoms with Crippen molar-refractivity contribution in [2.24, 2.45) is 5.92 Å². The zero-order valence-corrected chi connectivity index (χ0v) is 15.0. The minimum atomic E-state index is -4.41. The third-order valence-electron chi connectivity index (χ3n) is 4.69. The van der Waals surface area contributed by atoms with Gasteiger partial charge in [0.2, 0.25) is 0 Å². The standard InChI is InChI=1S/C20H22F3N3O/c1-24-12-14-9-10-26(13-14)19(27)17-7-2-3-8-18(17)25-16-6-4-5-15(11-16)20(21,22)23/h2-8,11,14,24-25H,9-10,12-13H2,1H3. The van der Waals surface area contributed by atoms with Gasteiger partial charge in [-0.15, -0.1) is 0 Å². The van der Waals surface area contributed by atoms with Crippen LogP contribution in [0.5, 0.6) is 0 Å². The maximum atomic E-state index is 12.9. The number of rotatable bonds is 5. The Labute approximate surface area is 156 Å². The molecular formula is C20H22F3N3O. The van der Waals surface area contributed by atoms with E-state index in [0.717, 1.165) is 25.1 Å². The molecule has 7 heteroatoms. The summed E-state index contributed by atoms with van der Waals surface area (Å²) in [7, 11) is 1.89. The van der Waals surface area contributed by atoms with E-state index in [2.05, 4.69) is 10.6 Å². The Morgan fingerprint density at radius 1 is 1.19 bits per heavy atom. The van der Waals surface area contributed by atoms with Crippen LogP contribution in [-0.4, -0.2) is 37.5 Å². The van der Waals surface area contributed by atoms with Crippen LogP contribution in [0, 0.1) is 5.92 Å². The molecule has 144 valence electrons. The van der Waals surface area contributed by atoms with Gasteiger partial charge in [-0.2, -0.15) is 13.2 Å². The summed E-state index contributed by atoms with van der Waals surface area (Å²) in [6.07, 6.45) is -3.47. The van der Waals surface area contributed by atoms with Crippen LogP contribution in [0.2, 0.25) is 0 Å². The predicted molar refractivity (Wildman–Crippen MR) is 99.1 cm³/mol. The normalized spacial score (nSPS) is 17.2. The molecule has 2 aromatic carbocycles. The highest BCUT2D eigenvalue weighted by atomic mass is 19.4. The van der Waals surface area contributed by atoms with Crippen LogP contribution in [-0.2, 0) is 6.18 Å². The Morgan fingerprint density at radius 2 is 1.96 bits per heavy atom. The van der Waals surface area contributed by atoms with Gasteiger partial charge in [0.25, 0.3) is 5.91 Å². The van der Waals surface area contributed by atoms with Crippen molar-refractivity contribution in [2.75, 3.05) is 32.0 Å². The SMILES string of the molecule is CNCC1CCN(C(=O)c2ccccc2Nc2cccc(C(F)(F)F)c2)C1. The highest BCUT2D eigenvalue weighted by Crippen LogP contribution is 2.32. The summed E-state index contributed by atoms with van der Waals surface area (Å²) >= 11 is 0. The molecule has 0 aromatic heterocycles. The van der Waals surface area contributed by atoms with E-state index >= 15 is 0 Å². The summed E-state index contributed by atoms with van der Waals surface area (Å²) in [4.78, 5) is 14.7. The van der Waals surface area contributed by atoms with E-state index in [9.17, 15) is 18.0 Å². The summed E-state index contributed by atoms with van der Waals surface area (Å²) < 4.78 is 38.8. The molecule has 1 atom stereocenters. The first-order valence-corrected chi connectivity index (χ1v) is 8.85. The van der Waals surface area contributed by atoms with Gasteiger partial charge >= 0.3 is 6.18 Å². The molecule has 1 fully saturated rings. The van der Waals surface area contributed by atoms with Gasteiger partial charge < -0.3 is 15.5 Å². The Kier molecular flexibility index (Phi) is 5.70. The Hall–Kier alpha value is -2.54. The second-order valence-corrected chi connectivity index (χ2v) is 6.71. The average Bonchev–Trinajstić information content (AvgIpc) is 3.10. The first kappa shape index (κ1) is 19.2. The van der Waals surface area contributed by atoms with Crippen LogP contribution in [0.3, 0.4) is 0 Å². The fourth-order valence-corrected chi connectivity index (χ4v) is 3.35. The number of carbonyl (C=O) groups excluding carboxylic acids is 1. The molecule has 3 rings (SSSR count). The third kappa shape index (κ3) is 4.60. The molecule has 27 heavy (non-hydrogen) atoms. The number of alkyl halides is 3. The van der Waals surface area contributed by atoms with Crippen molar-refractivity contribution in [3.63, 3.8) is 0 Å². The lowest BCUT2D eigenvalue weighted by Crippen LogP contribution is -2.30. The smallest absolute Gasteiger partial charge is 0.355 e. The maximum absolute atomic E-state index is 12.9. The van der Waals surface area contributed by atoms with Gasteiger partial charge in [0.1, 0.15) is 0 Å². The molecule has 1 aliphatic heterocycles. The highest BCUT2D eigenvalue weighted by Gasteiger charge is 2.31. The van der Waals surface area contributed by atoms with Crippen LogP contribution < -0.4 is 10.6 Å². The van der Waals surface area contributed by atoms with E-state index in [0.29, 0.717) is 35.9 Å². The predicted octanol–water partition coefficient (Wildman–Crippen LogP) is 4.13. The number of para-hydroxylation sites is 1. The molecule has 2 N–H and O–H groups in total. The first-order valence-electron chi connectivity index (χ1n) is 8.85. The van der Waals surface area contributed by atoms with Crippen molar-refractivity contribution in [1.29, 1.82) is 0 Å². The molecule has 0 radical (unpaired) electrons. The van der Waals surface area contributed by atoms with Gasteiger partial charge in [0.05, 0.1) is 16.8 Å². The summed E-state index contributed by atoms with van der Waals surface area (Å²) in [5.41, 5.74) is 0.518. The quantitative estimate of drug-likeness (QED) is 0.824. The number of nitrogens with zero attached hydrogens (tertiary/aromatic N) is 1. The fraction of sp³-hybridized carbons (Fsp3) is 0.350. The number of likely N-dealkylation sites (tertiary alicyclic amines) is 1. The molecule has 4 nitrogen and oxygen atoms in total. The maximum Gasteiger partial charge on any atom is 0.416 e. The third-order valence-corrected chi connectivity index (χ3v) is 4.69. The van der Waals surface area contributed by atoms with Gasteiger partial charge in [-0.1, -0.05) is 18.2 Å². The van der Waals surface area contributed by atoms with Gasteiger partial charge in [0.15, 0.2) is 0 Å². The number of amides is 1. The fourth-order valence-electron chi connectivity index (χ4n) is 3.35. The molecule has 1 amide bonds. The molecule has 0 saturated carbocycles. The Morgan fingerprint density at radius 3 is 2.70 bits per heavy atom. The number of benzene rings is 2. The number of nitrogens with one attached hydrogen (secondary N) is 2. The molecule has 0 bridgehead atoms. The van der Waals surface area contributed by atoms with Crippen molar-refractivity contribution in [3.8, 4) is 0 Å². The lowest BCUT2D eigenvalue weighted by molar-refractivity contribution is -0.137. The number of hydrogen-bond donors (Lipinski definition) is 2. The second-order valence-electron chi connectivity index (χ2n) is 6.71. The minimum absolute atomic E-state index is 0.108. The van der Waals surface area contributed by atoms with E-state index in [-0.39, 0.29) is 5.91 Å². The lowest BCUT2D eigenvalue weighted by atomic mass is 10.1. The molecule has 2 aromatic rings. The number of hydrogen-bond acceptors (Lipinski definition) is 3. The van der Waals surface area contributed by atoms with E-state index < -0.39 is 11.7 Å². The summed E-state index contributed by atoms with van der Waals surface area (Å²) in [6.45, 7) is 2.22. The molecule has 1 unspecified atom stereocenters. The van der Waals surface area contributed by atoms with Crippen molar-refractivity contribution in [1.82, 2.24) is 10.2 Å². The summed E-state index contributed by atoms with van der Waals surface area (Å²) in [6, 6.07) is 11.9. The van der Waals surface area contributed by atoms with E-state index in [1.54, 1.807) is 35.2 Å².